The number of hydrogen-bond donors (Lipinski definition) is 2. The summed E-state index contributed by atoms with van der Waals surface area (Å²) in [5.41, 5.74) is 2.70. The van der Waals surface area contributed by atoms with Gasteiger partial charge in [-0.15, -0.1) is 11.3 Å². The molecule has 2 heterocycles. The maximum absolute atomic E-state index is 12.2. The Bertz CT molecular complexity index is 898. The van der Waals surface area contributed by atoms with Crippen LogP contribution in [0.25, 0.3) is 10.6 Å². The first-order chi connectivity index (χ1) is 12.4. The van der Waals surface area contributed by atoms with Crippen molar-refractivity contribution in [3.63, 3.8) is 0 Å². The summed E-state index contributed by atoms with van der Waals surface area (Å²) in [5.74, 6) is 0.663. The highest BCUT2D eigenvalue weighted by Gasteiger charge is 2.21. The van der Waals surface area contributed by atoms with Gasteiger partial charge in [-0.2, -0.15) is 0 Å². The molecule has 2 aromatic heterocycles. The van der Waals surface area contributed by atoms with E-state index in [4.69, 9.17) is 4.52 Å². The van der Waals surface area contributed by atoms with Gasteiger partial charge in [-0.25, -0.2) is 9.55 Å². The number of anilines is 1. The van der Waals surface area contributed by atoms with Gasteiger partial charge in [0.15, 0.2) is 0 Å². The first kappa shape index (κ1) is 18.7. The number of rotatable bonds is 7. The van der Waals surface area contributed by atoms with E-state index in [0.717, 1.165) is 21.8 Å². The molecule has 0 radical (unpaired) electrons. The Labute approximate surface area is 156 Å². The summed E-state index contributed by atoms with van der Waals surface area (Å²) in [6.07, 6.45) is 1.77. The highest BCUT2D eigenvalue weighted by Crippen LogP contribution is 2.43. The molecule has 1 aromatic carbocycles. The molecule has 3 aromatic rings. The lowest BCUT2D eigenvalue weighted by molar-refractivity contribution is 0.255. The summed E-state index contributed by atoms with van der Waals surface area (Å²) in [7, 11) is -4.00. The van der Waals surface area contributed by atoms with E-state index in [-0.39, 0.29) is 6.61 Å². The molecule has 0 spiro atoms. The predicted molar refractivity (Wildman–Crippen MR) is 104 cm³/mol. The number of thiazole rings is 1. The fourth-order valence-corrected chi connectivity index (χ4v) is 3.87. The van der Waals surface area contributed by atoms with Gasteiger partial charge in [-0.3, -0.25) is 14.6 Å². The molecule has 8 heteroatoms. The molecule has 1 unspecified atom stereocenters. The summed E-state index contributed by atoms with van der Waals surface area (Å²) < 4.78 is 17.3. The molecule has 136 valence electrons. The standard InChI is InChI=1S/C18H20N3O3PS/c1-13(2)16-9-8-15(10-19-16)18-20-17(12-26-18)21-25(22,23)24-11-14-6-4-3-5-7-14/h3-10,12-13H,11H2,1-2H3,(H2,21,22,23). The van der Waals surface area contributed by atoms with Gasteiger partial charge in [0, 0.05) is 22.8 Å². The quantitative estimate of drug-likeness (QED) is 0.550. The van der Waals surface area contributed by atoms with Crippen molar-refractivity contribution in [2.45, 2.75) is 26.4 Å². The molecule has 0 aliphatic carbocycles. The molecule has 0 saturated carbocycles. The Morgan fingerprint density at radius 3 is 2.65 bits per heavy atom. The van der Waals surface area contributed by atoms with Crippen LogP contribution in [0.2, 0.25) is 0 Å². The Balaban J connectivity index is 1.64. The zero-order valence-corrected chi connectivity index (χ0v) is 16.2. The van der Waals surface area contributed by atoms with E-state index < -0.39 is 7.75 Å². The van der Waals surface area contributed by atoms with Crippen molar-refractivity contribution < 1.29 is 14.0 Å². The highest BCUT2D eigenvalue weighted by molar-refractivity contribution is 7.54. The van der Waals surface area contributed by atoms with Crippen molar-refractivity contribution in [2.75, 3.05) is 5.09 Å². The van der Waals surface area contributed by atoms with Crippen LogP contribution < -0.4 is 5.09 Å². The van der Waals surface area contributed by atoms with Crippen molar-refractivity contribution in [1.82, 2.24) is 9.97 Å². The minimum absolute atomic E-state index is 0.0409. The van der Waals surface area contributed by atoms with Crippen LogP contribution in [0.4, 0.5) is 5.82 Å². The molecule has 0 aliphatic rings. The molecule has 0 fully saturated rings. The summed E-state index contributed by atoms with van der Waals surface area (Å²) in [6, 6.07) is 13.1. The topological polar surface area (TPSA) is 84.3 Å². The van der Waals surface area contributed by atoms with Crippen LogP contribution in [0.15, 0.2) is 54.0 Å². The smallest absolute Gasteiger partial charge is 0.308 e. The maximum Gasteiger partial charge on any atom is 0.431 e. The van der Waals surface area contributed by atoms with E-state index in [9.17, 15) is 9.46 Å². The van der Waals surface area contributed by atoms with Gasteiger partial charge in [0.2, 0.25) is 0 Å². The van der Waals surface area contributed by atoms with Crippen molar-refractivity contribution in [3.05, 3.63) is 65.3 Å². The van der Waals surface area contributed by atoms with Crippen LogP contribution in [-0.2, 0) is 15.7 Å². The van der Waals surface area contributed by atoms with Crippen LogP contribution in [-0.4, -0.2) is 14.9 Å². The van der Waals surface area contributed by atoms with Gasteiger partial charge >= 0.3 is 7.75 Å². The van der Waals surface area contributed by atoms with Crippen molar-refractivity contribution in [2.24, 2.45) is 0 Å². The second-order valence-corrected chi connectivity index (χ2v) is 8.44. The lowest BCUT2D eigenvalue weighted by Crippen LogP contribution is -2.01. The molecule has 6 nitrogen and oxygen atoms in total. The van der Waals surface area contributed by atoms with Crippen LogP contribution in [0.5, 0.6) is 0 Å². The second kappa shape index (κ2) is 8.10. The van der Waals surface area contributed by atoms with Gasteiger partial charge in [-0.1, -0.05) is 44.2 Å². The first-order valence-corrected chi connectivity index (χ1v) is 10.6. The van der Waals surface area contributed by atoms with Crippen molar-refractivity contribution >= 4 is 24.9 Å². The second-order valence-electron chi connectivity index (χ2n) is 6.06. The molecule has 1 atom stereocenters. The Morgan fingerprint density at radius 1 is 1.23 bits per heavy atom. The third-order valence-corrected chi connectivity index (χ3v) is 5.52. The SMILES string of the molecule is CC(C)c1ccc(-c2nc(NP(=O)(O)OCc3ccccc3)cs2)cn1. The molecular formula is C18H20N3O3PS. The minimum atomic E-state index is -4.00. The normalized spacial score (nSPS) is 13.5. The number of hydrogen-bond acceptors (Lipinski definition) is 5. The zero-order valence-electron chi connectivity index (χ0n) is 14.5. The number of nitrogens with one attached hydrogen (secondary N) is 1. The van der Waals surface area contributed by atoms with Gasteiger partial charge < -0.3 is 4.89 Å². The van der Waals surface area contributed by atoms with Crippen LogP contribution in [0.1, 0.15) is 31.0 Å². The molecule has 0 bridgehead atoms. The summed E-state index contributed by atoms with van der Waals surface area (Å²) in [5, 5.41) is 4.88. The highest BCUT2D eigenvalue weighted by atomic mass is 32.1. The molecule has 2 N–H and O–H groups in total. The number of benzene rings is 1. The van der Waals surface area contributed by atoms with E-state index in [2.05, 4.69) is 28.9 Å². The number of pyridine rings is 1. The van der Waals surface area contributed by atoms with Gasteiger partial charge in [-0.05, 0) is 23.6 Å². The van der Waals surface area contributed by atoms with Crippen molar-refractivity contribution in [3.8, 4) is 10.6 Å². The Hall–Kier alpha value is -2.05. The molecular weight excluding hydrogens is 369 g/mol. The third-order valence-electron chi connectivity index (χ3n) is 3.63. The lowest BCUT2D eigenvalue weighted by atomic mass is 10.1. The lowest BCUT2D eigenvalue weighted by Gasteiger charge is -2.12. The molecule has 3 rings (SSSR count). The summed E-state index contributed by atoms with van der Waals surface area (Å²) in [4.78, 5) is 18.8. The average molecular weight is 389 g/mol. The fourth-order valence-electron chi connectivity index (χ4n) is 2.24. The predicted octanol–water partition coefficient (Wildman–Crippen LogP) is 5.06. The molecule has 26 heavy (non-hydrogen) atoms. The zero-order chi connectivity index (χ0) is 18.6. The maximum atomic E-state index is 12.2. The van der Waals surface area contributed by atoms with Crippen LogP contribution in [0, 0.1) is 0 Å². The van der Waals surface area contributed by atoms with Gasteiger partial charge in [0.1, 0.15) is 10.8 Å². The number of nitrogens with zero attached hydrogens (tertiary/aromatic N) is 2. The summed E-state index contributed by atoms with van der Waals surface area (Å²) >= 11 is 1.37. The average Bonchev–Trinajstić information content (AvgIpc) is 3.09. The van der Waals surface area contributed by atoms with E-state index in [1.54, 1.807) is 11.6 Å². The molecule has 0 amide bonds. The molecule has 0 saturated heterocycles. The third kappa shape index (κ3) is 4.99. The van der Waals surface area contributed by atoms with E-state index in [0.29, 0.717) is 11.7 Å². The number of aromatic nitrogens is 2. The minimum Gasteiger partial charge on any atom is -0.308 e. The largest absolute Gasteiger partial charge is 0.431 e. The van der Waals surface area contributed by atoms with E-state index in [1.165, 1.54) is 11.3 Å². The monoisotopic (exact) mass is 389 g/mol. The Morgan fingerprint density at radius 2 is 2.00 bits per heavy atom. The van der Waals surface area contributed by atoms with E-state index in [1.807, 2.05) is 42.5 Å². The molecule has 0 aliphatic heterocycles. The van der Waals surface area contributed by atoms with E-state index >= 15 is 0 Å². The fraction of sp³-hybridized carbons (Fsp3) is 0.222. The summed E-state index contributed by atoms with van der Waals surface area (Å²) in [6.45, 7) is 4.21. The van der Waals surface area contributed by atoms with Gasteiger partial charge in [0.25, 0.3) is 0 Å². The van der Waals surface area contributed by atoms with Crippen LogP contribution >= 0.6 is 19.1 Å². The first-order valence-electron chi connectivity index (χ1n) is 8.14. The van der Waals surface area contributed by atoms with Crippen molar-refractivity contribution in [1.29, 1.82) is 0 Å². The Kier molecular flexibility index (Phi) is 5.84. The van der Waals surface area contributed by atoms with Crippen LogP contribution in [0.3, 0.4) is 0 Å². The van der Waals surface area contributed by atoms with Gasteiger partial charge in [0.05, 0.1) is 6.61 Å².